The molecule has 1 atom stereocenters. The van der Waals surface area contributed by atoms with Crippen molar-refractivity contribution in [2.75, 3.05) is 13.6 Å². The van der Waals surface area contributed by atoms with Crippen molar-refractivity contribution >= 4 is 11.9 Å². The lowest BCUT2D eigenvalue weighted by molar-refractivity contribution is 0.0347. The molecule has 0 bridgehead atoms. The smallest absolute Gasteiger partial charge is 0.342 e. The highest BCUT2D eigenvalue weighted by Crippen LogP contribution is 2.17. The van der Waals surface area contributed by atoms with E-state index in [1.807, 2.05) is 0 Å². The lowest BCUT2D eigenvalue weighted by Crippen LogP contribution is -2.37. The monoisotopic (exact) mass is 251 g/mol. The predicted molar refractivity (Wildman–Crippen MR) is 68.5 cm³/mol. The number of aliphatic imine (C=N–C) groups is 1. The summed E-state index contributed by atoms with van der Waals surface area (Å²) >= 11 is 0. The van der Waals surface area contributed by atoms with E-state index in [2.05, 4.69) is 10.3 Å². The number of carbonyl (C=O) groups is 1. The molecule has 1 aromatic carbocycles. The van der Waals surface area contributed by atoms with E-state index in [0.29, 0.717) is 6.54 Å². The lowest BCUT2D eigenvalue weighted by Gasteiger charge is -2.14. The van der Waals surface area contributed by atoms with Crippen LogP contribution < -0.4 is 11.1 Å². The van der Waals surface area contributed by atoms with Crippen molar-refractivity contribution < 1.29 is 14.6 Å². The third-order valence-corrected chi connectivity index (χ3v) is 2.24. The van der Waals surface area contributed by atoms with Crippen molar-refractivity contribution in [1.82, 2.24) is 5.32 Å². The number of hydrogen-bond donors (Lipinski definition) is 3. The van der Waals surface area contributed by atoms with E-state index in [0.717, 1.165) is 0 Å². The number of nitrogens with zero attached hydrogens (tertiary/aromatic N) is 1. The summed E-state index contributed by atoms with van der Waals surface area (Å²) in [6.45, 7) is 2.07. The van der Waals surface area contributed by atoms with Crippen LogP contribution >= 0.6 is 0 Å². The predicted octanol–water partition coefficient (Wildman–Crippen LogP) is 0.472. The molecule has 18 heavy (non-hydrogen) atoms. The summed E-state index contributed by atoms with van der Waals surface area (Å²) in [6, 6.07) is 6.22. The number of rotatable bonds is 4. The summed E-state index contributed by atoms with van der Waals surface area (Å²) in [6.07, 6.45) is -0.391. The summed E-state index contributed by atoms with van der Waals surface area (Å²) in [5.74, 6) is -0.396. The topological polar surface area (TPSA) is 96.9 Å². The molecular formula is C12H17N3O3. The molecule has 1 aromatic rings. The van der Waals surface area contributed by atoms with E-state index in [-0.39, 0.29) is 17.3 Å². The van der Waals surface area contributed by atoms with Crippen LogP contribution in [0.5, 0.6) is 5.75 Å². The lowest BCUT2D eigenvalue weighted by atomic mass is 10.2. The Morgan fingerprint density at radius 2 is 2.22 bits per heavy atom. The van der Waals surface area contributed by atoms with Crippen molar-refractivity contribution in [3.8, 4) is 5.75 Å². The van der Waals surface area contributed by atoms with Gasteiger partial charge in [-0.15, -0.1) is 0 Å². The molecule has 0 aromatic heterocycles. The fourth-order valence-electron chi connectivity index (χ4n) is 1.26. The van der Waals surface area contributed by atoms with Crippen molar-refractivity contribution in [3.05, 3.63) is 29.8 Å². The van der Waals surface area contributed by atoms with Crippen molar-refractivity contribution in [2.45, 2.75) is 13.0 Å². The van der Waals surface area contributed by atoms with Crippen LogP contribution in [0.15, 0.2) is 29.3 Å². The van der Waals surface area contributed by atoms with Gasteiger partial charge in [-0.05, 0) is 19.1 Å². The van der Waals surface area contributed by atoms with E-state index in [1.54, 1.807) is 26.1 Å². The van der Waals surface area contributed by atoms with Gasteiger partial charge in [-0.25, -0.2) is 4.79 Å². The van der Waals surface area contributed by atoms with Crippen LogP contribution in [0.25, 0.3) is 0 Å². The van der Waals surface area contributed by atoms with Crippen molar-refractivity contribution in [2.24, 2.45) is 10.7 Å². The van der Waals surface area contributed by atoms with Gasteiger partial charge in [0.05, 0.1) is 6.54 Å². The number of guanidine groups is 1. The molecule has 0 amide bonds. The average molecular weight is 251 g/mol. The second kappa shape index (κ2) is 6.48. The molecule has 0 radical (unpaired) electrons. The van der Waals surface area contributed by atoms with E-state index >= 15 is 0 Å². The minimum Gasteiger partial charge on any atom is -0.507 e. The molecule has 6 heteroatoms. The van der Waals surface area contributed by atoms with Gasteiger partial charge in [0, 0.05) is 7.05 Å². The van der Waals surface area contributed by atoms with Crippen LogP contribution in [0.3, 0.4) is 0 Å². The first kappa shape index (κ1) is 13.8. The van der Waals surface area contributed by atoms with Crippen LogP contribution in [-0.2, 0) is 4.74 Å². The van der Waals surface area contributed by atoms with Gasteiger partial charge in [0.15, 0.2) is 5.96 Å². The SMILES string of the molecule is CN=C(N)NCC(C)OC(=O)c1ccccc1O. The molecule has 0 aliphatic heterocycles. The van der Waals surface area contributed by atoms with Crippen LogP contribution in [0.4, 0.5) is 0 Å². The first-order chi connectivity index (χ1) is 8.54. The number of esters is 1. The second-order valence-electron chi connectivity index (χ2n) is 3.72. The van der Waals surface area contributed by atoms with Crippen LogP contribution in [0.1, 0.15) is 17.3 Å². The quantitative estimate of drug-likeness (QED) is 0.410. The van der Waals surface area contributed by atoms with E-state index in [9.17, 15) is 9.90 Å². The molecule has 98 valence electrons. The third kappa shape index (κ3) is 3.97. The number of ether oxygens (including phenoxy) is 1. The normalized spacial score (nSPS) is 12.9. The minimum absolute atomic E-state index is 0.0997. The second-order valence-corrected chi connectivity index (χ2v) is 3.72. The van der Waals surface area contributed by atoms with Crippen molar-refractivity contribution in [3.63, 3.8) is 0 Å². The highest BCUT2D eigenvalue weighted by atomic mass is 16.5. The number of nitrogens with two attached hydrogens (primary N) is 1. The maximum Gasteiger partial charge on any atom is 0.342 e. The number of benzene rings is 1. The molecule has 0 heterocycles. The van der Waals surface area contributed by atoms with Gasteiger partial charge in [0.1, 0.15) is 17.4 Å². The molecule has 1 unspecified atom stereocenters. The van der Waals surface area contributed by atoms with E-state index in [1.165, 1.54) is 12.1 Å². The van der Waals surface area contributed by atoms with Gasteiger partial charge in [-0.3, -0.25) is 4.99 Å². The zero-order valence-corrected chi connectivity index (χ0v) is 10.4. The van der Waals surface area contributed by atoms with Gasteiger partial charge in [-0.1, -0.05) is 12.1 Å². The van der Waals surface area contributed by atoms with Gasteiger partial charge in [0.2, 0.25) is 0 Å². The van der Waals surface area contributed by atoms with Crippen LogP contribution in [0.2, 0.25) is 0 Å². The standard InChI is InChI=1S/C12H17N3O3/c1-8(7-15-12(13)14-2)18-11(17)9-5-3-4-6-10(9)16/h3-6,8,16H,7H2,1-2H3,(H3,13,14,15). The van der Waals surface area contributed by atoms with Gasteiger partial charge in [-0.2, -0.15) is 0 Å². The number of hydrogen-bond acceptors (Lipinski definition) is 4. The molecule has 0 saturated carbocycles. The van der Waals surface area contributed by atoms with Crippen LogP contribution in [0, 0.1) is 0 Å². The highest BCUT2D eigenvalue weighted by molar-refractivity contribution is 5.92. The fourth-order valence-corrected chi connectivity index (χ4v) is 1.26. The summed E-state index contributed by atoms with van der Waals surface area (Å²) < 4.78 is 5.14. The number of nitrogens with one attached hydrogen (secondary N) is 1. The number of phenols is 1. The molecule has 0 saturated heterocycles. The Balaban J connectivity index is 2.52. The molecule has 0 aliphatic carbocycles. The zero-order chi connectivity index (χ0) is 13.5. The minimum atomic E-state index is -0.575. The highest BCUT2D eigenvalue weighted by Gasteiger charge is 2.15. The largest absolute Gasteiger partial charge is 0.507 e. The molecule has 6 nitrogen and oxygen atoms in total. The third-order valence-electron chi connectivity index (χ3n) is 2.24. The number of carbonyl (C=O) groups excluding carboxylic acids is 1. The Morgan fingerprint density at radius 3 is 2.83 bits per heavy atom. The Labute approximate surface area is 105 Å². The maximum absolute atomic E-state index is 11.7. The zero-order valence-electron chi connectivity index (χ0n) is 10.4. The van der Waals surface area contributed by atoms with Crippen molar-refractivity contribution in [1.29, 1.82) is 0 Å². The maximum atomic E-state index is 11.7. The summed E-state index contributed by atoms with van der Waals surface area (Å²) in [5.41, 5.74) is 5.59. The van der Waals surface area contributed by atoms with Crippen LogP contribution in [-0.4, -0.2) is 36.7 Å². The molecule has 0 aliphatic rings. The Morgan fingerprint density at radius 1 is 1.56 bits per heavy atom. The van der Waals surface area contributed by atoms with E-state index < -0.39 is 12.1 Å². The van der Waals surface area contributed by atoms with E-state index in [4.69, 9.17) is 10.5 Å². The van der Waals surface area contributed by atoms with Gasteiger partial charge in [0.25, 0.3) is 0 Å². The van der Waals surface area contributed by atoms with Gasteiger partial charge < -0.3 is 20.9 Å². The summed E-state index contributed by atoms with van der Waals surface area (Å²) in [7, 11) is 1.56. The Bertz CT molecular complexity index is 446. The molecular weight excluding hydrogens is 234 g/mol. The first-order valence-corrected chi connectivity index (χ1v) is 5.49. The number of aromatic hydroxyl groups is 1. The summed E-state index contributed by atoms with van der Waals surface area (Å²) in [4.78, 5) is 15.4. The number of phenolic OH excluding ortho intramolecular Hbond substituents is 1. The first-order valence-electron chi connectivity index (χ1n) is 5.49. The molecule has 0 spiro atoms. The fraction of sp³-hybridized carbons (Fsp3) is 0.333. The summed E-state index contributed by atoms with van der Waals surface area (Å²) in [5, 5.41) is 12.3. The van der Waals surface area contributed by atoms with Gasteiger partial charge >= 0.3 is 5.97 Å². The molecule has 0 fully saturated rings. The molecule has 1 rings (SSSR count). The molecule has 4 N–H and O–H groups in total. The average Bonchev–Trinajstić information content (AvgIpc) is 2.36. The Kier molecular flexibility index (Phi) is 4.98. The number of para-hydroxylation sites is 1. The Hall–Kier alpha value is -2.24.